The first-order valence-corrected chi connectivity index (χ1v) is 9.42. The fraction of sp³-hybridized carbons (Fsp3) is 0.650. The van der Waals surface area contributed by atoms with Gasteiger partial charge in [0.25, 0.3) is 5.91 Å². The standard InChI is InChI=1S/C20H29NO7/c1-12(2)17-20(3,4)28-19(25)21(17)18(24)16(26-5)15-14(23)10-9-13(27-15)8-6-7-11-22/h8-10,12,15-17,22H,6-7,11H2,1-5H3/t15-,16+,17+/m1/s1. The fourth-order valence-corrected chi connectivity index (χ4v) is 3.74. The minimum Gasteiger partial charge on any atom is -0.479 e. The van der Waals surface area contributed by atoms with E-state index in [1.807, 2.05) is 13.8 Å². The maximum atomic E-state index is 13.2. The number of amides is 2. The highest BCUT2D eigenvalue weighted by molar-refractivity contribution is 6.03. The van der Waals surface area contributed by atoms with Gasteiger partial charge in [0.15, 0.2) is 18.0 Å². The molecule has 0 aromatic rings. The molecule has 2 amide bonds. The van der Waals surface area contributed by atoms with Crippen molar-refractivity contribution in [3.8, 4) is 0 Å². The van der Waals surface area contributed by atoms with Crippen LogP contribution in [-0.4, -0.2) is 65.4 Å². The van der Waals surface area contributed by atoms with E-state index in [2.05, 4.69) is 0 Å². The third-order valence-electron chi connectivity index (χ3n) is 4.84. The number of ether oxygens (including phenoxy) is 3. The summed E-state index contributed by atoms with van der Waals surface area (Å²) in [5, 5.41) is 8.89. The van der Waals surface area contributed by atoms with Crippen molar-refractivity contribution in [1.29, 1.82) is 0 Å². The number of methoxy groups -OCH3 is 1. The maximum Gasteiger partial charge on any atom is 0.417 e. The summed E-state index contributed by atoms with van der Waals surface area (Å²) in [4.78, 5) is 39.0. The van der Waals surface area contributed by atoms with Gasteiger partial charge in [-0.2, -0.15) is 0 Å². The molecule has 0 radical (unpaired) electrons. The van der Waals surface area contributed by atoms with E-state index in [0.29, 0.717) is 18.6 Å². The van der Waals surface area contributed by atoms with E-state index in [9.17, 15) is 14.4 Å². The summed E-state index contributed by atoms with van der Waals surface area (Å²) in [5.74, 6) is -0.732. The molecule has 0 aliphatic carbocycles. The molecule has 0 bridgehead atoms. The topological polar surface area (TPSA) is 102 Å². The molecule has 1 N–H and O–H groups in total. The summed E-state index contributed by atoms with van der Waals surface area (Å²) in [6.07, 6.45) is 2.43. The van der Waals surface area contributed by atoms with Crippen molar-refractivity contribution in [3.05, 3.63) is 24.0 Å². The van der Waals surface area contributed by atoms with Gasteiger partial charge < -0.3 is 19.3 Å². The molecule has 2 aliphatic rings. The normalized spacial score (nSPS) is 26.5. The van der Waals surface area contributed by atoms with E-state index in [4.69, 9.17) is 19.3 Å². The van der Waals surface area contributed by atoms with Crippen molar-refractivity contribution in [2.75, 3.05) is 13.7 Å². The minimum absolute atomic E-state index is 0.0402. The van der Waals surface area contributed by atoms with Crippen LogP contribution in [0.15, 0.2) is 24.0 Å². The SMILES string of the molecule is CO[C@H](C(=O)N1C(=O)OC(C)(C)[C@@H]1C(C)C)[C@@H]1OC(=CCCCO)C=CC1=O. The predicted octanol–water partition coefficient (Wildman–Crippen LogP) is 1.96. The number of nitrogens with zero attached hydrogens (tertiary/aromatic N) is 1. The molecule has 0 aromatic heterocycles. The summed E-state index contributed by atoms with van der Waals surface area (Å²) in [7, 11) is 1.30. The number of imide groups is 1. The fourth-order valence-electron chi connectivity index (χ4n) is 3.74. The molecular weight excluding hydrogens is 366 g/mol. The van der Waals surface area contributed by atoms with Gasteiger partial charge in [-0.05, 0) is 50.8 Å². The number of allylic oxidation sites excluding steroid dienone is 2. The van der Waals surface area contributed by atoms with Gasteiger partial charge in [-0.1, -0.05) is 13.8 Å². The summed E-state index contributed by atoms with van der Waals surface area (Å²) in [6, 6.07) is -0.501. The van der Waals surface area contributed by atoms with Crippen LogP contribution in [0.1, 0.15) is 40.5 Å². The number of hydrogen-bond donors (Lipinski definition) is 1. The molecule has 8 heteroatoms. The number of carbonyl (C=O) groups is 3. The lowest BCUT2D eigenvalue weighted by Gasteiger charge is -2.34. The second-order valence-electron chi connectivity index (χ2n) is 7.77. The largest absolute Gasteiger partial charge is 0.479 e. The van der Waals surface area contributed by atoms with E-state index >= 15 is 0 Å². The molecule has 2 rings (SSSR count). The molecule has 0 spiro atoms. The van der Waals surface area contributed by atoms with Gasteiger partial charge in [0.1, 0.15) is 11.4 Å². The summed E-state index contributed by atoms with van der Waals surface area (Å²) >= 11 is 0. The van der Waals surface area contributed by atoms with Gasteiger partial charge in [0.2, 0.25) is 0 Å². The Morgan fingerprint density at radius 3 is 2.61 bits per heavy atom. The number of unbranched alkanes of at least 4 members (excludes halogenated alkanes) is 1. The number of hydrogen-bond acceptors (Lipinski definition) is 7. The highest BCUT2D eigenvalue weighted by atomic mass is 16.6. The van der Waals surface area contributed by atoms with Gasteiger partial charge in [-0.15, -0.1) is 0 Å². The number of aliphatic hydroxyl groups excluding tert-OH is 1. The number of ketones is 1. The van der Waals surface area contributed by atoms with Crippen LogP contribution in [-0.2, 0) is 23.8 Å². The number of carbonyl (C=O) groups excluding carboxylic acids is 3. The molecule has 28 heavy (non-hydrogen) atoms. The molecule has 156 valence electrons. The summed E-state index contributed by atoms with van der Waals surface area (Å²) in [6.45, 7) is 7.32. The molecular formula is C20H29NO7. The van der Waals surface area contributed by atoms with Crippen LogP contribution >= 0.6 is 0 Å². The Kier molecular flexibility index (Phi) is 7.01. The van der Waals surface area contributed by atoms with Crippen molar-refractivity contribution in [1.82, 2.24) is 4.90 Å². The Hall–Kier alpha value is -2.19. The quantitative estimate of drug-likeness (QED) is 0.658. The molecule has 2 aliphatic heterocycles. The van der Waals surface area contributed by atoms with E-state index in [1.165, 1.54) is 19.3 Å². The van der Waals surface area contributed by atoms with Gasteiger partial charge in [-0.25, -0.2) is 9.69 Å². The predicted molar refractivity (Wildman–Crippen MR) is 100 cm³/mol. The van der Waals surface area contributed by atoms with Crippen LogP contribution in [0.4, 0.5) is 4.79 Å². The lowest BCUT2D eigenvalue weighted by Crippen LogP contribution is -2.55. The number of rotatable bonds is 7. The van der Waals surface area contributed by atoms with Gasteiger partial charge in [-0.3, -0.25) is 9.59 Å². The second-order valence-corrected chi connectivity index (χ2v) is 7.77. The molecule has 2 heterocycles. The zero-order valence-corrected chi connectivity index (χ0v) is 17.0. The monoisotopic (exact) mass is 395 g/mol. The lowest BCUT2D eigenvalue weighted by molar-refractivity contribution is -0.154. The Morgan fingerprint density at radius 1 is 1.36 bits per heavy atom. The first-order valence-electron chi connectivity index (χ1n) is 9.42. The highest BCUT2D eigenvalue weighted by Gasteiger charge is 2.54. The molecule has 0 unspecified atom stereocenters. The van der Waals surface area contributed by atoms with Gasteiger partial charge in [0, 0.05) is 13.7 Å². The zero-order chi connectivity index (χ0) is 21.1. The van der Waals surface area contributed by atoms with Crippen molar-refractivity contribution >= 4 is 17.8 Å². The van der Waals surface area contributed by atoms with Gasteiger partial charge in [0.05, 0.1) is 6.04 Å². The molecule has 0 aromatic carbocycles. The summed E-state index contributed by atoms with van der Waals surface area (Å²) < 4.78 is 16.4. The molecule has 1 fully saturated rings. The van der Waals surface area contributed by atoms with E-state index in [0.717, 1.165) is 4.90 Å². The first-order chi connectivity index (χ1) is 13.1. The van der Waals surface area contributed by atoms with E-state index < -0.39 is 41.6 Å². The van der Waals surface area contributed by atoms with Crippen LogP contribution in [0.5, 0.6) is 0 Å². The van der Waals surface area contributed by atoms with Crippen molar-refractivity contribution in [3.63, 3.8) is 0 Å². The Balaban J connectivity index is 2.27. The van der Waals surface area contributed by atoms with Gasteiger partial charge >= 0.3 is 6.09 Å². The van der Waals surface area contributed by atoms with Crippen LogP contribution < -0.4 is 0 Å². The Morgan fingerprint density at radius 2 is 2.04 bits per heavy atom. The van der Waals surface area contributed by atoms with Crippen LogP contribution in [0.25, 0.3) is 0 Å². The Bertz CT molecular complexity index is 680. The number of cyclic esters (lactones) is 1. The molecule has 1 saturated heterocycles. The molecule has 3 atom stereocenters. The van der Waals surface area contributed by atoms with Crippen LogP contribution in [0.3, 0.4) is 0 Å². The number of aliphatic hydroxyl groups is 1. The zero-order valence-electron chi connectivity index (χ0n) is 17.0. The van der Waals surface area contributed by atoms with Crippen molar-refractivity contribution < 1.29 is 33.7 Å². The maximum absolute atomic E-state index is 13.2. The third kappa shape index (κ3) is 4.44. The average Bonchev–Trinajstić information content (AvgIpc) is 2.86. The van der Waals surface area contributed by atoms with E-state index in [1.54, 1.807) is 19.9 Å². The van der Waals surface area contributed by atoms with Crippen molar-refractivity contribution in [2.24, 2.45) is 5.92 Å². The third-order valence-corrected chi connectivity index (χ3v) is 4.84. The van der Waals surface area contributed by atoms with Crippen LogP contribution in [0, 0.1) is 5.92 Å². The minimum atomic E-state index is -1.29. The summed E-state index contributed by atoms with van der Waals surface area (Å²) in [5.41, 5.74) is -0.855. The average molecular weight is 395 g/mol. The van der Waals surface area contributed by atoms with E-state index in [-0.39, 0.29) is 12.5 Å². The highest BCUT2D eigenvalue weighted by Crippen LogP contribution is 2.35. The van der Waals surface area contributed by atoms with Crippen molar-refractivity contribution in [2.45, 2.75) is 64.4 Å². The first kappa shape index (κ1) is 22.1. The molecule has 0 saturated carbocycles. The second kappa shape index (κ2) is 8.87. The Labute approximate surface area is 165 Å². The lowest BCUT2D eigenvalue weighted by atomic mass is 9.88. The molecule has 8 nitrogen and oxygen atoms in total. The smallest absolute Gasteiger partial charge is 0.417 e. The van der Waals surface area contributed by atoms with Crippen LogP contribution in [0.2, 0.25) is 0 Å².